The number of hydrogen-bond donors (Lipinski definition) is 1. The molecule has 1 fully saturated rings. The number of halogens is 2. The Labute approximate surface area is 269 Å². The van der Waals surface area contributed by atoms with Gasteiger partial charge < -0.3 is 24.2 Å². The van der Waals surface area contributed by atoms with Crippen molar-refractivity contribution in [1.82, 2.24) is 4.90 Å². The van der Waals surface area contributed by atoms with Crippen LogP contribution in [0.5, 0.6) is 11.5 Å². The van der Waals surface area contributed by atoms with Crippen molar-refractivity contribution in [2.75, 3.05) is 36.7 Å². The molecule has 1 amide bonds. The molecule has 9 nitrogen and oxygen atoms in total. The summed E-state index contributed by atoms with van der Waals surface area (Å²) in [5, 5.41) is 11.6. The first-order valence-corrected chi connectivity index (χ1v) is 14.6. The molecule has 0 spiro atoms. The van der Waals surface area contributed by atoms with Crippen molar-refractivity contribution < 1.29 is 28.9 Å². The van der Waals surface area contributed by atoms with E-state index in [1.54, 1.807) is 25.3 Å². The van der Waals surface area contributed by atoms with Crippen molar-refractivity contribution in [2.45, 2.75) is 6.92 Å². The molecule has 0 atom stereocenters. The lowest BCUT2D eigenvalue weighted by molar-refractivity contribution is -0.140. The third-order valence-electron chi connectivity index (χ3n) is 6.86. The minimum Gasteiger partial charge on any atom is -0.497 e. The number of hydrogen-bond acceptors (Lipinski definition) is 8. The fraction of sp³-hybridized carbons (Fsp3) is 0.156. The van der Waals surface area contributed by atoms with Gasteiger partial charge in [0.2, 0.25) is 0 Å². The van der Waals surface area contributed by atoms with Gasteiger partial charge in [0.25, 0.3) is 11.1 Å². The number of ether oxygens (including phenoxy) is 3. The van der Waals surface area contributed by atoms with Crippen molar-refractivity contribution in [2.24, 2.45) is 0 Å². The number of amides is 1. The zero-order valence-corrected chi connectivity index (χ0v) is 26.0. The van der Waals surface area contributed by atoms with Gasteiger partial charge in [0.1, 0.15) is 23.9 Å². The first-order chi connectivity index (χ1) is 21.2. The number of carboxylic acids is 1. The Morgan fingerprint density at radius 1 is 0.977 bits per heavy atom. The third kappa shape index (κ3) is 6.37. The number of carbonyl (C=O) groups is 2. The highest BCUT2D eigenvalue weighted by Crippen LogP contribution is 2.45. The van der Waals surface area contributed by atoms with Gasteiger partial charge in [-0.05, 0) is 73.1 Å². The van der Waals surface area contributed by atoms with Crippen molar-refractivity contribution in [3.63, 3.8) is 0 Å². The number of fused-ring (bicyclic) bond motifs is 2. The summed E-state index contributed by atoms with van der Waals surface area (Å²) in [5.41, 5.74) is 1.74. The van der Waals surface area contributed by atoms with Gasteiger partial charge in [-0.2, -0.15) is 0 Å². The highest BCUT2D eigenvalue weighted by molar-refractivity contribution is 7.80. The summed E-state index contributed by atoms with van der Waals surface area (Å²) in [6, 6.07) is 15.4. The minimum atomic E-state index is -1.19. The van der Waals surface area contributed by atoms with E-state index in [0.717, 1.165) is 44.4 Å². The Morgan fingerprint density at radius 2 is 1.68 bits per heavy atom. The summed E-state index contributed by atoms with van der Waals surface area (Å²) in [7, 11) is 1.64. The first kappa shape index (κ1) is 30.9. The molecule has 3 aromatic rings. The Hall–Kier alpha value is -4.51. The molecular weight excluding hydrogens is 625 g/mol. The van der Waals surface area contributed by atoms with Crippen LogP contribution in [0.3, 0.4) is 0 Å². The van der Waals surface area contributed by atoms with Gasteiger partial charge >= 0.3 is 5.97 Å². The van der Waals surface area contributed by atoms with Crippen LogP contribution in [0.15, 0.2) is 96.6 Å². The zero-order chi connectivity index (χ0) is 31.4. The fourth-order valence-electron chi connectivity index (χ4n) is 4.82. The second-order valence-corrected chi connectivity index (χ2v) is 10.7. The SMILES string of the molecule is CCN1\C(=C/C=C/C=C/C=C2/OC(=S)N(CC(=O)O)C2=O)N(COc2cccc3cc(OC)ccc23)c2cc(Cl)c(Cl)cc21. The summed E-state index contributed by atoms with van der Waals surface area (Å²) in [6.45, 7) is 2.33. The maximum atomic E-state index is 12.3. The molecule has 44 heavy (non-hydrogen) atoms. The molecule has 0 aliphatic carbocycles. The summed E-state index contributed by atoms with van der Waals surface area (Å²) in [5.74, 6) is 0.489. The van der Waals surface area contributed by atoms with Crippen LogP contribution in [0.2, 0.25) is 10.0 Å². The fourth-order valence-corrected chi connectivity index (χ4v) is 5.37. The van der Waals surface area contributed by atoms with E-state index in [0.29, 0.717) is 16.6 Å². The second kappa shape index (κ2) is 13.4. The van der Waals surface area contributed by atoms with Crippen LogP contribution in [0.4, 0.5) is 11.4 Å². The number of anilines is 2. The van der Waals surface area contributed by atoms with Gasteiger partial charge in [-0.25, -0.2) is 0 Å². The Morgan fingerprint density at radius 3 is 2.36 bits per heavy atom. The van der Waals surface area contributed by atoms with Gasteiger partial charge in [0.05, 0.1) is 28.5 Å². The van der Waals surface area contributed by atoms with Crippen LogP contribution in [0.1, 0.15) is 6.92 Å². The molecule has 1 saturated heterocycles. The lowest BCUT2D eigenvalue weighted by Crippen LogP contribution is -2.33. The Kier molecular flexibility index (Phi) is 9.43. The van der Waals surface area contributed by atoms with Gasteiger partial charge in [-0.3, -0.25) is 19.4 Å². The molecule has 2 aliphatic heterocycles. The Balaban J connectivity index is 1.38. The zero-order valence-electron chi connectivity index (χ0n) is 23.7. The van der Waals surface area contributed by atoms with E-state index in [1.807, 2.05) is 72.5 Å². The normalized spacial score (nSPS) is 16.7. The molecule has 226 valence electrons. The number of thiocarbonyl (C=S) groups is 1. The quantitative estimate of drug-likeness (QED) is 0.143. The van der Waals surface area contributed by atoms with Crippen LogP contribution >= 0.6 is 35.4 Å². The van der Waals surface area contributed by atoms with Crippen LogP contribution in [-0.2, 0) is 14.3 Å². The monoisotopic (exact) mass is 651 g/mol. The van der Waals surface area contributed by atoms with Crippen molar-refractivity contribution in [3.05, 3.63) is 107 Å². The average molecular weight is 653 g/mol. The molecule has 12 heteroatoms. The average Bonchev–Trinajstić information content (AvgIpc) is 3.44. The summed E-state index contributed by atoms with van der Waals surface area (Å²) < 4.78 is 17.0. The number of allylic oxidation sites excluding steroid dienone is 6. The summed E-state index contributed by atoms with van der Waals surface area (Å²) in [6.07, 6.45) is 10.3. The van der Waals surface area contributed by atoms with Gasteiger partial charge in [0, 0.05) is 11.9 Å². The van der Waals surface area contributed by atoms with E-state index in [9.17, 15) is 9.59 Å². The maximum Gasteiger partial charge on any atom is 0.323 e. The molecule has 3 aromatic carbocycles. The highest BCUT2D eigenvalue weighted by atomic mass is 35.5. The summed E-state index contributed by atoms with van der Waals surface area (Å²) >= 11 is 17.8. The van der Waals surface area contributed by atoms with Crippen LogP contribution in [0, 0.1) is 0 Å². The molecule has 0 bridgehead atoms. The molecule has 0 unspecified atom stereocenters. The van der Waals surface area contributed by atoms with E-state index >= 15 is 0 Å². The molecule has 2 aliphatic rings. The van der Waals surface area contributed by atoms with Crippen molar-refractivity contribution >= 4 is 74.6 Å². The predicted octanol–water partition coefficient (Wildman–Crippen LogP) is 6.90. The molecule has 5 rings (SSSR count). The lowest BCUT2D eigenvalue weighted by atomic mass is 10.1. The van der Waals surface area contributed by atoms with Crippen LogP contribution < -0.4 is 19.3 Å². The van der Waals surface area contributed by atoms with Crippen molar-refractivity contribution in [3.8, 4) is 11.5 Å². The molecular formula is C32H27Cl2N3O6S. The number of aliphatic carboxylic acids is 1. The largest absolute Gasteiger partial charge is 0.497 e. The highest BCUT2D eigenvalue weighted by Gasteiger charge is 2.34. The van der Waals surface area contributed by atoms with E-state index in [-0.39, 0.29) is 17.7 Å². The standard InChI is InChI=1S/C32H27Cl2N3O6S/c1-3-35-25-16-23(33)24(34)17-26(25)37(19-42-27-11-8-9-20-15-21(41-2)13-14-22(20)27)29(35)12-7-5-4-6-10-28-31(40)36(18-30(38)39)32(44)43-28/h4-17H,3,18-19H2,1-2H3,(H,38,39)/b6-4+,7-5+,28-10+,29-12+. The van der Waals surface area contributed by atoms with Gasteiger partial charge in [-0.15, -0.1) is 0 Å². The molecule has 2 heterocycles. The van der Waals surface area contributed by atoms with E-state index < -0.39 is 18.4 Å². The number of carbonyl (C=O) groups excluding carboxylic acids is 1. The molecule has 1 N–H and O–H groups in total. The van der Waals surface area contributed by atoms with Crippen molar-refractivity contribution in [1.29, 1.82) is 0 Å². The van der Waals surface area contributed by atoms with Gasteiger partial charge in [-0.1, -0.05) is 59.6 Å². The summed E-state index contributed by atoms with van der Waals surface area (Å²) in [4.78, 5) is 28.3. The van der Waals surface area contributed by atoms with E-state index in [4.69, 9.17) is 54.7 Å². The smallest absolute Gasteiger partial charge is 0.323 e. The Bertz CT molecular complexity index is 1770. The number of nitrogens with zero attached hydrogens (tertiary/aromatic N) is 3. The number of methoxy groups -OCH3 is 1. The third-order valence-corrected chi connectivity index (χ3v) is 7.88. The number of rotatable bonds is 10. The number of benzene rings is 3. The molecule has 0 radical (unpaired) electrons. The van der Waals surface area contributed by atoms with Gasteiger partial charge in [0.15, 0.2) is 12.5 Å². The lowest BCUT2D eigenvalue weighted by Gasteiger charge is -2.24. The van der Waals surface area contributed by atoms with E-state index in [1.165, 1.54) is 6.08 Å². The first-order valence-electron chi connectivity index (χ1n) is 13.5. The predicted molar refractivity (Wildman–Crippen MR) is 175 cm³/mol. The number of carboxylic acid groups (broad SMARTS) is 1. The molecule has 0 aromatic heterocycles. The van der Waals surface area contributed by atoms with Crippen LogP contribution in [-0.4, -0.2) is 54.0 Å². The molecule has 0 saturated carbocycles. The van der Waals surface area contributed by atoms with Crippen LogP contribution in [0.25, 0.3) is 10.8 Å². The van der Waals surface area contributed by atoms with E-state index in [2.05, 4.69) is 4.90 Å². The second-order valence-electron chi connectivity index (χ2n) is 9.52. The topological polar surface area (TPSA) is 91.8 Å². The minimum absolute atomic E-state index is 0.0494. The maximum absolute atomic E-state index is 12.3.